The Morgan fingerprint density at radius 1 is 1.35 bits per heavy atom. The average Bonchev–Trinajstić information content (AvgIpc) is 2.98. The molecule has 4 rings (SSSR count). The minimum Gasteiger partial charge on any atom is -0.504 e. The van der Waals surface area contributed by atoms with Crippen molar-refractivity contribution in [2.75, 3.05) is 5.32 Å². The van der Waals surface area contributed by atoms with Crippen LogP contribution in [0.5, 0.6) is 5.75 Å². The number of phenolic OH excluding ortho intramolecular Hbond substituents is 1. The zero-order chi connectivity index (χ0) is 18.3. The molecule has 3 N–H and O–H groups in total. The number of nitriles is 1. The van der Waals surface area contributed by atoms with Crippen molar-refractivity contribution in [3.63, 3.8) is 0 Å². The summed E-state index contributed by atoms with van der Waals surface area (Å²) in [5.74, 6) is -0.584. The fraction of sp³-hybridized carbons (Fsp3) is 0.211. The summed E-state index contributed by atoms with van der Waals surface area (Å²) >= 11 is 1.44. The molecule has 0 saturated carbocycles. The standard InChI is InChI=1S/C19H15N3O3S/c20-9-13-11-5-1-2-7-15(11)26-19(13)22-18(24)12-8-10-4-3-6-14(23)16(10)25-17(12)21/h3-4,6,8,21,23H,1-2,5,7H2,(H,22,24). The molecule has 0 saturated heterocycles. The van der Waals surface area contributed by atoms with Crippen LogP contribution in [0.3, 0.4) is 0 Å². The largest absolute Gasteiger partial charge is 0.504 e. The molecule has 0 unspecified atom stereocenters. The number of nitrogens with zero attached hydrogens (tertiary/aromatic N) is 1. The van der Waals surface area contributed by atoms with Gasteiger partial charge in [-0.15, -0.1) is 11.3 Å². The molecule has 130 valence electrons. The number of carbonyl (C=O) groups is 1. The molecule has 1 aliphatic rings. The van der Waals surface area contributed by atoms with Crippen LogP contribution in [-0.2, 0) is 12.8 Å². The molecule has 0 atom stereocenters. The maximum atomic E-state index is 12.7. The number of carbonyl (C=O) groups excluding carboxylic acids is 1. The Kier molecular flexibility index (Phi) is 3.98. The number of hydrogen-bond donors (Lipinski definition) is 3. The first-order valence-electron chi connectivity index (χ1n) is 8.25. The lowest BCUT2D eigenvalue weighted by Gasteiger charge is -2.09. The van der Waals surface area contributed by atoms with Crippen LogP contribution >= 0.6 is 11.3 Å². The molecule has 0 radical (unpaired) electrons. The van der Waals surface area contributed by atoms with Gasteiger partial charge in [0.1, 0.15) is 16.6 Å². The number of aryl methyl sites for hydroxylation is 1. The van der Waals surface area contributed by atoms with E-state index in [-0.39, 0.29) is 22.5 Å². The zero-order valence-electron chi connectivity index (χ0n) is 13.8. The quantitative estimate of drug-likeness (QED) is 0.643. The summed E-state index contributed by atoms with van der Waals surface area (Å²) in [7, 11) is 0. The van der Waals surface area contributed by atoms with Crippen LogP contribution in [0.1, 0.15) is 39.2 Å². The summed E-state index contributed by atoms with van der Waals surface area (Å²) in [5.41, 5.74) is 1.45. The molecule has 26 heavy (non-hydrogen) atoms. The highest BCUT2D eigenvalue weighted by atomic mass is 32.1. The van der Waals surface area contributed by atoms with Crippen LogP contribution in [0.2, 0.25) is 0 Å². The summed E-state index contributed by atoms with van der Waals surface area (Å²) in [6, 6.07) is 8.51. The van der Waals surface area contributed by atoms with Gasteiger partial charge in [-0.1, -0.05) is 12.1 Å². The lowest BCUT2D eigenvalue weighted by atomic mass is 9.96. The van der Waals surface area contributed by atoms with Gasteiger partial charge in [0.05, 0.1) is 5.56 Å². The number of hydrogen-bond acceptors (Lipinski definition) is 6. The first-order valence-corrected chi connectivity index (χ1v) is 9.06. The molecule has 3 aromatic rings. The predicted molar refractivity (Wildman–Crippen MR) is 97.4 cm³/mol. The second-order valence-electron chi connectivity index (χ2n) is 6.17. The molecule has 1 amide bonds. The third-order valence-electron chi connectivity index (χ3n) is 4.53. The van der Waals surface area contributed by atoms with Gasteiger partial charge in [0, 0.05) is 10.3 Å². The van der Waals surface area contributed by atoms with E-state index in [2.05, 4.69) is 11.4 Å². The number of amides is 1. The maximum Gasteiger partial charge on any atom is 0.261 e. The number of anilines is 1. The monoisotopic (exact) mass is 365 g/mol. The summed E-state index contributed by atoms with van der Waals surface area (Å²) in [6.07, 6.45) is 3.93. The van der Waals surface area contributed by atoms with Crippen LogP contribution in [0.15, 0.2) is 28.7 Å². The first kappa shape index (κ1) is 16.4. The van der Waals surface area contributed by atoms with Crippen LogP contribution in [0.4, 0.5) is 5.00 Å². The molecule has 1 aliphatic carbocycles. The number of aromatic hydroxyl groups is 1. The molecule has 1 aromatic carbocycles. The Morgan fingerprint density at radius 3 is 2.96 bits per heavy atom. The van der Waals surface area contributed by atoms with Crippen LogP contribution in [0.25, 0.3) is 11.0 Å². The summed E-state index contributed by atoms with van der Waals surface area (Å²) < 4.78 is 5.31. The topological polar surface area (TPSA) is 110 Å². The fourth-order valence-corrected chi connectivity index (χ4v) is 4.49. The van der Waals surface area contributed by atoms with Crippen molar-refractivity contribution in [3.05, 3.63) is 51.4 Å². The van der Waals surface area contributed by atoms with E-state index in [4.69, 9.17) is 9.83 Å². The molecule has 0 spiro atoms. The minimum atomic E-state index is -0.501. The van der Waals surface area contributed by atoms with Gasteiger partial charge < -0.3 is 14.8 Å². The van der Waals surface area contributed by atoms with Crippen molar-refractivity contribution < 1.29 is 14.3 Å². The smallest absolute Gasteiger partial charge is 0.261 e. The van der Waals surface area contributed by atoms with Crippen LogP contribution in [0, 0.1) is 16.7 Å². The number of benzene rings is 1. The van der Waals surface area contributed by atoms with Gasteiger partial charge >= 0.3 is 0 Å². The Hall–Kier alpha value is -3.11. The number of phenols is 1. The molecule has 0 fully saturated rings. The fourth-order valence-electron chi connectivity index (χ4n) is 3.26. The number of nitrogens with one attached hydrogen (secondary N) is 2. The third-order valence-corrected chi connectivity index (χ3v) is 5.74. The van der Waals surface area contributed by atoms with Gasteiger partial charge in [0.2, 0.25) is 5.55 Å². The molecule has 2 heterocycles. The van der Waals surface area contributed by atoms with E-state index in [1.54, 1.807) is 12.1 Å². The first-order chi connectivity index (χ1) is 12.6. The van der Waals surface area contributed by atoms with E-state index < -0.39 is 5.91 Å². The summed E-state index contributed by atoms with van der Waals surface area (Å²) in [5, 5.41) is 31.1. The minimum absolute atomic E-state index is 0.0540. The lowest BCUT2D eigenvalue weighted by molar-refractivity contribution is 0.102. The predicted octanol–water partition coefficient (Wildman–Crippen LogP) is 3.68. The van der Waals surface area contributed by atoms with Crippen LogP contribution in [-0.4, -0.2) is 11.0 Å². The van der Waals surface area contributed by atoms with Crippen LogP contribution < -0.4 is 10.9 Å². The molecule has 0 bridgehead atoms. The molecule has 2 aromatic heterocycles. The van der Waals surface area contributed by atoms with Crippen molar-refractivity contribution in [1.29, 1.82) is 10.7 Å². The third kappa shape index (κ3) is 2.65. The Balaban J connectivity index is 1.73. The molecule has 7 heteroatoms. The molecular weight excluding hydrogens is 350 g/mol. The number of para-hydroxylation sites is 1. The van der Waals surface area contributed by atoms with Gasteiger partial charge in [-0.3, -0.25) is 10.2 Å². The molecular formula is C19H15N3O3S. The number of rotatable bonds is 2. The van der Waals surface area contributed by atoms with E-state index in [9.17, 15) is 15.2 Å². The Bertz CT molecular complexity index is 1140. The van der Waals surface area contributed by atoms with E-state index in [0.29, 0.717) is 16.0 Å². The van der Waals surface area contributed by atoms with Crippen molar-refractivity contribution in [2.45, 2.75) is 25.7 Å². The maximum absolute atomic E-state index is 12.7. The van der Waals surface area contributed by atoms with Gasteiger partial charge in [-0.2, -0.15) is 5.26 Å². The number of fused-ring (bicyclic) bond motifs is 2. The SMILES string of the molecule is N#Cc1c(NC(=O)c2cc3cccc(O)c3oc2=N)sc2c1CCCC2. The lowest BCUT2D eigenvalue weighted by Crippen LogP contribution is -2.20. The highest BCUT2D eigenvalue weighted by molar-refractivity contribution is 7.16. The highest BCUT2D eigenvalue weighted by Gasteiger charge is 2.23. The second kappa shape index (κ2) is 6.32. The normalized spacial score (nSPS) is 13.2. The summed E-state index contributed by atoms with van der Waals surface area (Å²) in [4.78, 5) is 13.8. The van der Waals surface area contributed by atoms with Gasteiger partial charge in [-0.25, -0.2) is 0 Å². The molecule has 0 aliphatic heterocycles. The Labute approximate surface area is 152 Å². The van der Waals surface area contributed by atoms with E-state index >= 15 is 0 Å². The van der Waals surface area contributed by atoms with Gasteiger partial charge in [-0.05, 0) is 43.4 Å². The second-order valence-corrected chi connectivity index (χ2v) is 7.27. The molecule has 6 nitrogen and oxygen atoms in total. The van der Waals surface area contributed by atoms with E-state index in [0.717, 1.165) is 36.1 Å². The Morgan fingerprint density at radius 2 is 2.15 bits per heavy atom. The number of thiophene rings is 1. The zero-order valence-corrected chi connectivity index (χ0v) is 14.6. The van der Waals surface area contributed by atoms with Crippen molar-refractivity contribution in [3.8, 4) is 11.8 Å². The van der Waals surface area contributed by atoms with E-state index in [1.807, 2.05) is 0 Å². The van der Waals surface area contributed by atoms with E-state index in [1.165, 1.54) is 23.5 Å². The van der Waals surface area contributed by atoms with Crippen molar-refractivity contribution in [2.24, 2.45) is 0 Å². The highest BCUT2D eigenvalue weighted by Crippen LogP contribution is 2.37. The van der Waals surface area contributed by atoms with Crippen molar-refractivity contribution in [1.82, 2.24) is 0 Å². The average molecular weight is 365 g/mol. The summed E-state index contributed by atoms with van der Waals surface area (Å²) in [6.45, 7) is 0. The van der Waals surface area contributed by atoms with Gasteiger partial charge in [0.15, 0.2) is 11.3 Å². The van der Waals surface area contributed by atoms with Crippen molar-refractivity contribution >= 4 is 33.2 Å². The van der Waals surface area contributed by atoms with Gasteiger partial charge in [0.25, 0.3) is 5.91 Å².